The first-order valence-corrected chi connectivity index (χ1v) is 10.3. The minimum atomic E-state index is -1.30. The Hall–Kier alpha value is -2.74. The number of hydrogen-bond donors (Lipinski definition) is 2. The lowest BCUT2D eigenvalue weighted by atomic mass is 9.95. The van der Waals surface area contributed by atoms with Crippen molar-refractivity contribution >= 4 is 11.8 Å². The molecule has 3 heterocycles. The van der Waals surface area contributed by atoms with E-state index in [2.05, 4.69) is 9.97 Å². The summed E-state index contributed by atoms with van der Waals surface area (Å²) in [5, 5.41) is 10.2. The number of nitrogens with zero attached hydrogens (tertiary/aromatic N) is 3. The monoisotopic (exact) mass is 414 g/mol. The van der Waals surface area contributed by atoms with Gasteiger partial charge in [-0.1, -0.05) is 29.8 Å². The standard InChI is InChI=1S/C22H27FN4O3/c1-14-3-5-15(6-4-14)17-12-24-19(25-17)18-11-16(28)13-27(18)21(30)20(29)26-9-7-22(2,23)8-10-26/h3-6,12,16,18,28H,7-11,13H2,1-2H3,(H,24,25)/t16-,18+/m1/s1. The van der Waals surface area contributed by atoms with E-state index >= 15 is 0 Å². The molecule has 8 heteroatoms. The van der Waals surface area contributed by atoms with Crippen molar-refractivity contribution < 1.29 is 19.1 Å². The number of aliphatic hydroxyl groups excluding tert-OH is 1. The van der Waals surface area contributed by atoms with E-state index in [9.17, 15) is 19.1 Å². The van der Waals surface area contributed by atoms with Gasteiger partial charge in [-0.2, -0.15) is 0 Å². The quantitative estimate of drug-likeness (QED) is 0.739. The molecule has 2 aromatic rings. The molecule has 0 unspecified atom stereocenters. The van der Waals surface area contributed by atoms with E-state index in [-0.39, 0.29) is 32.5 Å². The number of halogens is 1. The topological polar surface area (TPSA) is 89.5 Å². The molecular formula is C22H27FN4O3. The Kier molecular flexibility index (Phi) is 5.36. The zero-order valence-corrected chi connectivity index (χ0v) is 17.3. The molecule has 2 saturated heterocycles. The number of carbonyl (C=O) groups excluding carboxylic acids is 2. The van der Waals surface area contributed by atoms with Crippen LogP contribution in [0.3, 0.4) is 0 Å². The van der Waals surface area contributed by atoms with Crippen molar-refractivity contribution in [1.29, 1.82) is 0 Å². The average molecular weight is 414 g/mol. The number of hydrogen-bond acceptors (Lipinski definition) is 4. The Balaban J connectivity index is 1.50. The summed E-state index contributed by atoms with van der Waals surface area (Å²) in [4.78, 5) is 36.2. The van der Waals surface area contributed by atoms with Gasteiger partial charge >= 0.3 is 11.8 Å². The zero-order valence-electron chi connectivity index (χ0n) is 17.3. The molecule has 1 aromatic carbocycles. The fourth-order valence-electron chi connectivity index (χ4n) is 4.11. The molecule has 30 heavy (non-hydrogen) atoms. The fraction of sp³-hybridized carbons (Fsp3) is 0.500. The molecule has 0 spiro atoms. The molecule has 2 amide bonds. The van der Waals surface area contributed by atoms with E-state index in [1.165, 1.54) is 16.7 Å². The third kappa shape index (κ3) is 4.09. The summed E-state index contributed by atoms with van der Waals surface area (Å²) >= 11 is 0. The first-order valence-electron chi connectivity index (χ1n) is 10.3. The Morgan fingerprint density at radius 1 is 1.20 bits per heavy atom. The van der Waals surface area contributed by atoms with E-state index < -0.39 is 29.6 Å². The lowest BCUT2D eigenvalue weighted by Gasteiger charge is -2.34. The number of likely N-dealkylation sites (tertiary alicyclic amines) is 2. The van der Waals surface area contributed by atoms with Gasteiger partial charge in [0, 0.05) is 37.8 Å². The molecule has 0 saturated carbocycles. The maximum Gasteiger partial charge on any atom is 0.312 e. The fourth-order valence-corrected chi connectivity index (χ4v) is 4.11. The number of aromatic nitrogens is 2. The molecule has 2 aliphatic rings. The lowest BCUT2D eigenvalue weighted by molar-refractivity contribution is -0.154. The predicted molar refractivity (Wildman–Crippen MR) is 109 cm³/mol. The Bertz CT molecular complexity index is 930. The van der Waals surface area contributed by atoms with Gasteiger partial charge in [0.05, 0.1) is 17.8 Å². The molecule has 0 bridgehead atoms. The van der Waals surface area contributed by atoms with Crippen molar-refractivity contribution in [3.63, 3.8) is 0 Å². The van der Waals surface area contributed by atoms with Crippen molar-refractivity contribution in [3.8, 4) is 11.3 Å². The maximum atomic E-state index is 14.0. The van der Waals surface area contributed by atoms with Crippen molar-refractivity contribution in [3.05, 3.63) is 41.9 Å². The molecule has 2 N–H and O–H groups in total. The summed E-state index contributed by atoms with van der Waals surface area (Å²) in [5.41, 5.74) is 1.53. The molecule has 4 rings (SSSR count). The second kappa shape index (κ2) is 7.83. The number of alkyl halides is 1. The third-order valence-electron chi connectivity index (χ3n) is 6.08. The van der Waals surface area contributed by atoms with Crippen LogP contribution in [0, 0.1) is 6.92 Å². The van der Waals surface area contributed by atoms with Crippen LogP contribution in [-0.2, 0) is 9.59 Å². The summed E-state index contributed by atoms with van der Waals surface area (Å²) < 4.78 is 14.0. The summed E-state index contributed by atoms with van der Waals surface area (Å²) in [5.74, 6) is -0.777. The van der Waals surface area contributed by atoms with Gasteiger partial charge in [0.15, 0.2) is 0 Å². The van der Waals surface area contributed by atoms with Crippen LogP contribution in [0.4, 0.5) is 4.39 Å². The number of β-amino-alcohol motifs (C(OH)–C–C–N with tert-alkyl or cyclic N) is 1. The van der Waals surface area contributed by atoms with Crippen LogP contribution >= 0.6 is 0 Å². The molecule has 2 atom stereocenters. The molecule has 7 nitrogen and oxygen atoms in total. The SMILES string of the molecule is Cc1ccc(-c2c[nH]c([C@@H]3C[C@@H](O)CN3C(=O)C(=O)N3CCC(C)(F)CC3)n2)cc1. The van der Waals surface area contributed by atoms with Crippen LogP contribution in [0.2, 0.25) is 0 Å². The summed E-state index contributed by atoms with van der Waals surface area (Å²) in [6, 6.07) is 7.43. The highest BCUT2D eigenvalue weighted by Gasteiger charge is 2.42. The highest BCUT2D eigenvalue weighted by molar-refractivity contribution is 6.35. The van der Waals surface area contributed by atoms with Gasteiger partial charge in [-0.05, 0) is 26.7 Å². The number of aryl methyl sites for hydroxylation is 1. The Labute approximate surface area is 174 Å². The number of piperidine rings is 1. The van der Waals surface area contributed by atoms with E-state index in [4.69, 9.17) is 0 Å². The first-order chi connectivity index (χ1) is 14.2. The number of aliphatic hydroxyl groups is 1. The maximum absolute atomic E-state index is 14.0. The molecule has 2 fully saturated rings. The number of rotatable bonds is 2. The summed E-state index contributed by atoms with van der Waals surface area (Å²) in [6.07, 6.45) is 1.78. The molecule has 0 radical (unpaired) electrons. The molecule has 0 aliphatic carbocycles. The number of carbonyl (C=O) groups is 2. The van der Waals surface area contributed by atoms with E-state index in [1.54, 1.807) is 6.20 Å². The number of nitrogens with one attached hydrogen (secondary N) is 1. The van der Waals surface area contributed by atoms with Crippen LogP contribution < -0.4 is 0 Å². The number of H-pyrrole nitrogens is 1. The van der Waals surface area contributed by atoms with Crippen molar-refractivity contribution in [2.75, 3.05) is 19.6 Å². The normalized spacial score (nSPS) is 23.6. The van der Waals surface area contributed by atoms with Crippen molar-refractivity contribution in [1.82, 2.24) is 19.8 Å². The molecule has 1 aromatic heterocycles. The van der Waals surface area contributed by atoms with Gasteiger partial charge in [0.25, 0.3) is 0 Å². The van der Waals surface area contributed by atoms with Crippen LogP contribution in [0.25, 0.3) is 11.3 Å². The van der Waals surface area contributed by atoms with E-state index in [0.717, 1.165) is 16.8 Å². The number of amides is 2. The van der Waals surface area contributed by atoms with Gasteiger partial charge in [0.2, 0.25) is 0 Å². The zero-order chi connectivity index (χ0) is 21.5. The molecular weight excluding hydrogens is 387 g/mol. The number of aromatic amines is 1. The van der Waals surface area contributed by atoms with Gasteiger partial charge in [0.1, 0.15) is 11.5 Å². The largest absolute Gasteiger partial charge is 0.391 e. The minimum absolute atomic E-state index is 0.0739. The van der Waals surface area contributed by atoms with E-state index in [1.807, 2.05) is 31.2 Å². The van der Waals surface area contributed by atoms with Crippen LogP contribution in [0.15, 0.2) is 30.5 Å². The van der Waals surface area contributed by atoms with Gasteiger partial charge < -0.3 is 19.9 Å². The molecule has 160 valence electrons. The third-order valence-corrected chi connectivity index (χ3v) is 6.08. The average Bonchev–Trinajstić information content (AvgIpc) is 3.34. The van der Waals surface area contributed by atoms with Gasteiger partial charge in [-0.3, -0.25) is 9.59 Å². The Morgan fingerprint density at radius 2 is 1.87 bits per heavy atom. The summed E-state index contributed by atoms with van der Waals surface area (Å²) in [7, 11) is 0. The predicted octanol–water partition coefficient (Wildman–Crippen LogP) is 2.37. The first kappa shape index (κ1) is 20.5. The van der Waals surface area contributed by atoms with Crippen LogP contribution in [0.1, 0.15) is 43.6 Å². The van der Waals surface area contributed by atoms with Crippen molar-refractivity contribution in [2.45, 2.75) is 50.9 Å². The lowest BCUT2D eigenvalue weighted by Crippen LogP contribution is -2.50. The Morgan fingerprint density at radius 3 is 2.53 bits per heavy atom. The van der Waals surface area contributed by atoms with Gasteiger partial charge in [-0.15, -0.1) is 0 Å². The van der Waals surface area contributed by atoms with Crippen molar-refractivity contribution in [2.24, 2.45) is 0 Å². The minimum Gasteiger partial charge on any atom is -0.391 e. The second-order valence-electron chi connectivity index (χ2n) is 8.61. The van der Waals surface area contributed by atoms with Gasteiger partial charge in [-0.25, -0.2) is 9.37 Å². The number of benzene rings is 1. The van der Waals surface area contributed by atoms with E-state index in [0.29, 0.717) is 12.2 Å². The number of imidazole rings is 1. The highest BCUT2D eigenvalue weighted by atomic mass is 19.1. The van der Waals surface area contributed by atoms with Crippen LogP contribution in [0.5, 0.6) is 0 Å². The molecule has 2 aliphatic heterocycles. The second-order valence-corrected chi connectivity index (χ2v) is 8.61. The smallest absolute Gasteiger partial charge is 0.312 e. The highest BCUT2D eigenvalue weighted by Crippen LogP contribution is 2.33. The summed E-state index contributed by atoms with van der Waals surface area (Å²) in [6.45, 7) is 4.04. The van der Waals surface area contributed by atoms with Crippen LogP contribution in [-0.4, -0.2) is 68.1 Å².